The number of hydrogen-bond donors (Lipinski definition) is 1. The first-order chi connectivity index (χ1) is 8.96. The van der Waals surface area contributed by atoms with Crippen LogP contribution in [-0.2, 0) is 6.54 Å². The van der Waals surface area contributed by atoms with Gasteiger partial charge in [-0.2, -0.15) is 18.2 Å². The van der Waals surface area contributed by atoms with Gasteiger partial charge in [-0.15, -0.1) is 0 Å². The van der Waals surface area contributed by atoms with Crippen molar-refractivity contribution in [2.24, 2.45) is 0 Å². The molecular formula is C12H20F3N3O. The molecule has 1 heterocycles. The van der Waals surface area contributed by atoms with Gasteiger partial charge in [0.15, 0.2) is 0 Å². The van der Waals surface area contributed by atoms with E-state index in [1.807, 2.05) is 13.8 Å². The number of halogens is 3. The maximum absolute atomic E-state index is 12.4. The highest BCUT2D eigenvalue weighted by atomic mass is 19.4. The first kappa shape index (κ1) is 15.8. The van der Waals surface area contributed by atoms with Crippen molar-refractivity contribution in [2.75, 3.05) is 24.5 Å². The van der Waals surface area contributed by atoms with Gasteiger partial charge in [-0.05, 0) is 19.4 Å². The van der Waals surface area contributed by atoms with Crippen LogP contribution < -0.4 is 10.2 Å². The predicted octanol–water partition coefficient (Wildman–Crippen LogP) is 2.95. The Balaban J connectivity index is 2.63. The molecule has 110 valence electrons. The van der Waals surface area contributed by atoms with Crippen LogP contribution in [-0.4, -0.2) is 30.8 Å². The largest absolute Gasteiger partial charge is 0.432 e. The number of hydrogen-bond acceptors (Lipinski definition) is 4. The van der Waals surface area contributed by atoms with Crippen molar-refractivity contribution < 1.29 is 17.6 Å². The van der Waals surface area contributed by atoms with Gasteiger partial charge in [0.2, 0.25) is 0 Å². The Labute approximate surface area is 111 Å². The lowest BCUT2D eigenvalue weighted by molar-refractivity contribution is -0.120. The molecule has 1 aromatic rings. The summed E-state index contributed by atoms with van der Waals surface area (Å²) in [5.74, 6) is 0. The zero-order chi connectivity index (χ0) is 14.3. The van der Waals surface area contributed by atoms with Gasteiger partial charge >= 0.3 is 6.18 Å². The van der Waals surface area contributed by atoms with Crippen LogP contribution in [0.25, 0.3) is 0 Å². The Morgan fingerprint density at radius 1 is 1.32 bits per heavy atom. The SMILES string of the molecule is CCCNCc1coc(N(CCC)CC(F)(F)F)n1. The standard InChI is InChI=1S/C12H20F3N3O/c1-3-5-16-7-10-8-19-11(17-10)18(6-4-2)9-12(13,14)15/h8,16H,3-7,9H2,1-2H3. The highest BCUT2D eigenvalue weighted by Gasteiger charge is 2.32. The van der Waals surface area contributed by atoms with Gasteiger partial charge in [-0.25, -0.2) is 0 Å². The van der Waals surface area contributed by atoms with Gasteiger partial charge in [0, 0.05) is 13.1 Å². The second kappa shape index (κ2) is 7.37. The number of nitrogens with zero attached hydrogens (tertiary/aromatic N) is 2. The minimum absolute atomic E-state index is 0.0347. The van der Waals surface area contributed by atoms with Crippen LogP contribution in [0.15, 0.2) is 10.7 Å². The Morgan fingerprint density at radius 2 is 2.05 bits per heavy atom. The van der Waals surface area contributed by atoms with Crippen LogP contribution in [0, 0.1) is 0 Å². The first-order valence-electron chi connectivity index (χ1n) is 6.43. The number of nitrogens with one attached hydrogen (secondary N) is 1. The third kappa shape index (κ3) is 5.96. The van der Waals surface area contributed by atoms with Crippen LogP contribution in [0.4, 0.5) is 19.2 Å². The predicted molar refractivity (Wildman–Crippen MR) is 67.1 cm³/mol. The molecule has 0 aliphatic heterocycles. The van der Waals surface area contributed by atoms with E-state index < -0.39 is 12.7 Å². The molecule has 1 rings (SSSR count). The van der Waals surface area contributed by atoms with E-state index in [-0.39, 0.29) is 12.6 Å². The summed E-state index contributed by atoms with van der Waals surface area (Å²) in [6, 6.07) is 0.0347. The van der Waals surface area contributed by atoms with Crippen molar-refractivity contribution in [2.45, 2.75) is 39.4 Å². The van der Waals surface area contributed by atoms with Gasteiger partial charge in [0.05, 0.1) is 5.69 Å². The van der Waals surface area contributed by atoms with Crippen molar-refractivity contribution in [1.82, 2.24) is 10.3 Å². The van der Waals surface area contributed by atoms with E-state index in [2.05, 4.69) is 10.3 Å². The van der Waals surface area contributed by atoms with Crippen LogP contribution in [0.5, 0.6) is 0 Å². The molecule has 0 spiro atoms. The number of oxazole rings is 1. The van der Waals surface area contributed by atoms with Crippen LogP contribution in [0.3, 0.4) is 0 Å². The Kier molecular flexibility index (Phi) is 6.14. The van der Waals surface area contributed by atoms with Crippen molar-refractivity contribution in [3.05, 3.63) is 12.0 Å². The molecule has 7 heteroatoms. The van der Waals surface area contributed by atoms with Crippen LogP contribution in [0.2, 0.25) is 0 Å². The van der Waals surface area contributed by atoms with E-state index in [1.165, 1.54) is 6.26 Å². The highest BCUT2D eigenvalue weighted by molar-refractivity contribution is 5.27. The van der Waals surface area contributed by atoms with Crippen LogP contribution >= 0.6 is 0 Å². The van der Waals surface area contributed by atoms with E-state index in [9.17, 15) is 13.2 Å². The highest BCUT2D eigenvalue weighted by Crippen LogP contribution is 2.21. The van der Waals surface area contributed by atoms with Crippen molar-refractivity contribution in [3.8, 4) is 0 Å². The molecule has 0 bridgehead atoms. The topological polar surface area (TPSA) is 41.3 Å². The molecule has 1 N–H and O–H groups in total. The molecule has 0 saturated carbocycles. The summed E-state index contributed by atoms with van der Waals surface area (Å²) in [5, 5.41) is 3.12. The van der Waals surface area contributed by atoms with E-state index in [1.54, 1.807) is 0 Å². The van der Waals surface area contributed by atoms with Gasteiger partial charge in [0.1, 0.15) is 12.8 Å². The fourth-order valence-corrected chi connectivity index (χ4v) is 1.64. The Bertz CT molecular complexity index is 365. The number of rotatable bonds is 8. The van der Waals surface area contributed by atoms with Gasteiger partial charge in [-0.1, -0.05) is 13.8 Å². The Hall–Kier alpha value is -1.24. The first-order valence-corrected chi connectivity index (χ1v) is 6.43. The normalized spacial score (nSPS) is 11.8. The summed E-state index contributed by atoms with van der Waals surface area (Å²) in [7, 11) is 0. The maximum atomic E-state index is 12.4. The molecule has 4 nitrogen and oxygen atoms in total. The molecule has 0 atom stereocenters. The van der Waals surface area contributed by atoms with E-state index in [4.69, 9.17) is 4.42 Å². The lowest BCUT2D eigenvalue weighted by Gasteiger charge is -2.21. The molecule has 0 aliphatic carbocycles. The van der Waals surface area contributed by atoms with E-state index >= 15 is 0 Å². The lowest BCUT2D eigenvalue weighted by atomic mass is 10.4. The fourth-order valence-electron chi connectivity index (χ4n) is 1.64. The fraction of sp³-hybridized carbons (Fsp3) is 0.750. The summed E-state index contributed by atoms with van der Waals surface area (Å²) < 4.78 is 42.5. The monoisotopic (exact) mass is 279 g/mol. The van der Waals surface area contributed by atoms with Gasteiger partial charge in [0.25, 0.3) is 6.01 Å². The van der Waals surface area contributed by atoms with Crippen molar-refractivity contribution >= 4 is 6.01 Å². The molecular weight excluding hydrogens is 259 g/mol. The molecule has 0 fully saturated rings. The van der Waals surface area contributed by atoms with Crippen LogP contribution in [0.1, 0.15) is 32.4 Å². The molecule has 0 aliphatic rings. The summed E-state index contributed by atoms with van der Waals surface area (Å²) in [4.78, 5) is 5.20. The van der Waals surface area contributed by atoms with E-state index in [0.717, 1.165) is 17.9 Å². The number of aromatic nitrogens is 1. The minimum atomic E-state index is -4.26. The molecule has 0 aromatic carbocycles. The molecule has 0 unspecified atom stereocenters. The lowest BCUT2D eigenvalue weighted by Crippen LogP contribution is -2.35. The van der Waals surface area contributed by atoms with Crippen molar-refractivity contribution in [1.29, 1.82) is 0 Å². The average Bonchev–Trinajstić information content (AvgIpc) is 2.76. The zero-order valence-electron chi connectivity index (χ0n) is 11.3. The number of alkyl halides is 3. The third-order valence-electron chi connectivity index (χ3n) is 2.41. The maximum Gasteiger partial charge on any atom is 0.406 e. The Morgan fingerprint density at radius 3 is 2.63 bits per heavy atom. The molecule has 1 aromatic heterocycles. The second-order valence-corrected chi connectivity index (χ2v) is 4.33. The van der Waals surface area contributed by atoms with Crippen molar-refractivity contribution in [3.63, 3.8) is 0 Å². The molecule has 0 amide bonds. The smallest absolute Gasteiger partial charge is 0.406 e. The molecule has 0 radical (unpaired) electrons. The minimum Gasteiger partial charge on any atom is -0.432 e. The molecule has 19 heavy (non-hydrogen) atoms. The second-order valence-electron chi connectivity index (χ2n) is 4.33. The third-order valence-corrected chi connectivity index (χ3v) is 2.41. The summed E-state index contributed by atoms with van der Waals surface area (Å²) in [6.45, 7) is 4.42. The summed E-state index contributed by atoms with van der Waals surface area (Å²) >= 11 is 0. The van der Waals surface area contributed by atoms with Gasteiger partial charge in [-0.3, -0.25) is 0 Å². The summed E-state index contributed by atoms with van der Waals surface area (Å²) in [6.07, 6.45) is -1.27. The number of anilines is 1. The molecule has 0 saturated heterocycles. The summed E-state index contributed by atoms with van der Waals surface area (Å²) in [5.41, 5.74) is 0.617. The quantitative estimate of drug-likeness (QED) is 0.743. The zero-order valence-corrected chi connectivity index (χ0v) is 11.3. The average molecular weight is 279 g/mol. The van der Waals surface area contributed by atoms with Gasteiger partial charge < -0.3 is 14.6 Å². The van der Waals surface area contributed by atoms with E-state index in [0.29, 0.717) is 18.7 Å².